The molecule has 0 radical (unpaired) electrons. The largest absolute Gasteiger partial charge is 0.355 e. The molecule has 0 rings (SSSR count). The van der Waals surface area contributed by atoms with Crippen LogP contribution in [0.3, 0.4) is 0 Å². The summed E-state index contributed by atoms with van der Waals surface area (Å²) < 4.78 is 0. The molecule has 0 saturated carbocycles. The van der Waals surface area contributed by atoms with Crippen LogP contribution in [0.5, 0.6) is 0 Å². The van der Waals surface area contributed by atoms with Crippen LogP contribution < -0.4 is 21.3 Å². The summed E-state index contributed by atoms with van der Waals surface area (Å²) in [5.74, 6) is 1.33. The molecule has 0 bridgehead atoms. The second-order valence-electron chi connectivity index (χ2n) is 15.3. The minimum atomic E-state index is -0.102. The summed E-state index contributed by atoms with van der Waals surface area (Å²) in [5.41, 5.74) is 0. The number of carbonyl (C=O) groups excluding carboxylic acids is 4. The van der Waals surface area contributed by atoms with Crippen molar-refractivity contribution in [3.8, 4) is 0 Å². The molecular weight excluding hydrogens is 653 g/mol. The number of carbonyl (C=O) groups is 4. The second-order valence-corrected chi connectivity index (χ2v) is 15.3. The van der Waals surface area contributed by atoms with Gasteiger partial charge in [-0.3, -0.25) is 29.0 Å². The highest BCUT2D eigenvalue weighted by atomic mass is 16.2. The van der Waals surface area contributed by atoms with Crippen molar-refractivity contribution in [3.63, 3.8) is 0 Å². The summed E-state index contributed by atoms with van der Waals surface area (Å²) in [4.78, 5) is 56.7. The molecule has 4 unspecified atom stereocenters. The lowest BCUT2D eigenvalue weighted by molar-refractivity contribution is -0.128. The Morgan fingerprint density at radius 2 is 0.596 bits per heavy atom. The number of unbranched alkanes of at least 4 members (excludes halogenated alkanes) is 4. The van der Waals surface area contributed by atoms with Gasteiger partial charge in [0.1, 0.15) is 0 Å². The topological polar surface area (TPSA) is 123 Å². The molecule has 0 aliphatic carbocycles. The summed E-state index contributed by atoms with van der Waals surface area (Å²) in [6, 6.07) is 0. The van der Waals surface area contributed by atoms with Gasteiger partial charge in [0.05, 0.1) is 26.2 Å². The zero-order chi connectivity index (χ0) is 39.0. The van der Waals surface area contributed by atoms with Crippen molar-refractivity contribution in [2.75, 3.05) is 65.4 Å². The lowest BCUT2D eigenvalue weighted by Crippen LogP contribution is -2.49. The van der Waals surface area contributed by atoms with Gasteiger partial charge in [-0.15, -0.1) is 0 Å². The van der Waals surface area contributed by atoms with Gasteiger partial charge in [-0.05, 0) is 49.4 Å². The average Bonchev–Trinajstić information content (AvgIpc) is 3.14. The van der Waals surface area contributed by atoms with E-state index in [1.54, 1.807) is 0 Å². The SMILES string of the molecule is CCCCC(CC)CNC(=O)CN(CCN(CC(=O)NCC(CC)CCCC)CC(=O)NCC(CC)CCCC)CC(=O)NCC(CC)CCCC. The van der Waals surface area contributed by atoms with E-state index in [0.717, 1.165) is 103 Å². The number of amides is 4. The Kier molecular flexibility index (Phi) is 32.0. The van der Waals surface area contributed by atoms with Crippen molar-refractivity contribution >= 4 is 23.6 Å². The molecule has 10 nitrogen and oxygen atoms in total. The van der Waals surface area contributed by atoms with Crippen LogP contribution in [0.4, 0.5) is 0 Å². The van der Waals surface area contributed by atoms with Crippen LogP contribution in [-0.4, -0.2) is 98.9 Å². The van der Waals surface area contributed by atoms with Crippen molar-refractivity contribution in [2.24, 2.45) is 23.7 Å². The number of nitrogens with zero attached hydrogens (tertiary/aromatic N) is 2. The van der Waals surface area contributed by atoms with E-state index in [9.17, 15) is 19.2 Å². The Morgan fingerprint density at radius 3 is 0.769 bits per heavy atom. The van der Waals surface area contributed by atoms with Crippen molar-refractivity contribution in [1.82, 2.24) is 31.1 Å². The molecule has 0 fully saturated rings. The van der Waals surface area contributed by atoms with E-state index in [2.05, 4.69) is 76.7 Å². The van der Waals surface area contributed by atoms with Gasteiger partial charge in [-0.2, -0.15) is 0 Å². The maximum Gasteiger partial charge on any atom is 0.234 e. The molecule has 0 saturated heterocycles. The predicted octanol–water partition coefficient (Wildman–Crippen LogP) is 6.92. The molecule has 0 aromatic rings. The van der Waals surface area contributed by atoms with E-state index in [-0.39, 0.29) is 49.8 Å². The third kappa shape index (κ3) is 26.5. The average molecular weight is 737 g/mol. The maximum absolute atomic E-state index is 13.2. The number of nitrogens with one attached hydrogen (secondary N) is 4. The molecule has 0 spiro atoms. The molecule has 4 N–H and O–H groups in total. The van der Waals surface area contributed by atoms with Crippen LogP contribution in [0.15, 0.2) is 0 Å². The first-order chi connectivity index (χ1) is 25.1. The first-order valence-corrected chi connectivity index (χ1v) is 21.6. The fraction of sp³-hybridized carbons (Fsp3) is 0.905. The molecule has 306 valence electrons. The van der Waals surface area contributed by atoms with Crippen molar-refractivity contribution < 1.29 is 19.2 Å². The van der Waals surface area contributed by atoms with Crippen molar-refractivity contribution in [3.05, 3.63) is 0 Å². The Labute approximate surface area is 320 Å². The monoisotopic (exact) mass is 737 g/mol. The van der Waals surface area contributed by atoms with E-state index in [1.165, 1.54) is 0 Å². The highest BCUT2D eigenvalue weighted by molar-refractivity contribution is 5.82. The predicted molar refractivity (Wildman–Crippen MR) is 218 cm³/mol. The normalized spacial score (nSPS) is 13.8. The number of hydrogen-bond donors (Lipinski definition) is 4. The molecular formula is C42H84N6O4. The molecule has 52 heavy (non-hydrogen) atoms. The fourth-order valence-corrected chi connectivity index (χ4v) is 6.55. The van der Waals surface area contributed by atoms with Gasteiger partial charge < -0.3 is 21.3 Å². The Morgan fingerprint density at radius 1 is 0.385 bits per heavy atom. The van der Waals surface area contributed by atoms with E-state index in [4.69, 9.17) is 0 Å². The van der Waals surface area contributed by atoms with Gasteiger partial charge in [0, 0.05) is 39.3 Å². The molecule has 4 atom stereocenters. The lowest BCUT2D eigenvalue weighted by atomic mass is 9.99. The van der Waals surface area contributed by atoms with Crippen LogP contribution in [0, 0.1) is 23.7 Å². The van der Waals surface area contributed by atoms with Crippen LogP contribution >= 0.6 is 0 Å². The fourth-order valence-electron chi connectivity index (χ4n) is 6.55. The van der Waals surface area contributed by atoms with E-state index in [1.807, 2.05) is 9.80 Å². The zero-order valence-corrected chi connectivity index (χ0v) is 35.2. The summed E-state index contributed by atoms with van der Waals surface area (Å²) in [6.45, 7) is 21.0. The first-order valence-electron chi connectivity index (χ1n) is 21.6. The van der Waals surface area contributed by atoms with Crippen LogP contribution in [0.2, 0.25) is 0 Å². The van der Waals surface area contributed by atoms with Gasteiger partial charge in [0.2, 0.25) is 23.6 Å². The molecule has 10 heteroatoms. The summed E-state index contributed by atoms with van der Waals surface area (Å²) in [6.07, 6.45) is 17.5. The van der Waals surface area contributed by atoms with Gasteiger partial charge in [-0.1, -0.05) is 132 Å². The summed E-state index contributed by atoms with van der Waals surface area (Å²) >= 11 is 0. The van der Waals surface area contributed by atoms with E-state index in [0.29, 0.717) is 62.9 Å². The van der Waals surface area contributed by atoms with Gasteiger partial charge in [-0.25, -0.2) is 0 Å². The van der Waals surface area contributed by atoms with Gasteiger partial charge in [0.25, 0.3) is 0 Å². The Bertz CT molecular complexity index is 779. The minimum Gasteiger partial charge on any atom is -0.355 e. The molecule has 0 heterocycles. The summed E-state index contributed by atoms with van der Waals surface area (Å²) in [5, 5.41) is 12.5. The smallest absolute Gasteiger partial charge is 0.234 e. The molecule has 0 aliphatic rings. The van der Waals surface area contributed by atoms with Crippen LogP contribution in [0.25, 0.3) is 0 Å². The zero-order valence-electron chi connectivity index (χ0n) is 35.2. The molecule has 0 aromatic carbocycles. The number of hydrogen-bond acceptors (Lipinski definition) is 6. The standard InChI is InChI=1S/C42H84N6O4/c1-9-17-21-35(13-5)27-43-39(49)31-47(32-40(50)44-28-36(14-6)22-18-10-2)25-26-48(33-41(51)45-29-37(15-7)23-19-11-3)34-42(52)46-30-38(16-8)24-20-12-4/h35-38H,9-34H2,1-8H3,(H,43,49)(H,44,50)(H,45,51)(H,46,52). The second kappa shape index (κ2) is 33.4. The Balaban J connectivity index is 5.80. The van der Waals surface area contributed by atoms with Crippen LogP contribution in [-0.2, 0) is 19.2 Å². The minimum absolute atomic E-state index is 0.0854. The summed E-state index contributed by atoms with van der Waals surface area (Å²) in [7, 11) is 0. The molecule has 4 amide bonds. The van der Waals surface area contributed by atoms with Gasteiger partial charge in [0.15, 0.2) is 0 Å². The highest BCUT2D eigenvalue weighted by Crippen LogP contribution is 2.14. The highest BCUT2D eigenvalue weighted by Gasteiger charge is 2.21. The van der Waals surface area contributed by atoms with Crippen LogP contribution in [0.1, 0.15) is 158 Å². The van der Waals surface area contributed by atoms with E-state index < -0.39 is 0 Å². The maximum atomic E-state index is 13.2. The van der Waals surface area contributed by atoms with Crippen molar-refractivity contribution in [2.45, 2.75) is 158 Å². The molecule has 0 aliphatic heterocycles. The first kappa shape index (κ1) is 49.8. The van der Waals surface area contributed by atoms with Crippen molar-refractivity contribution in [1.29, 1.82) is 0 Å². The third-order valence-corrected chi connectivity index (χ3v) is 10.7. The Hall–Kier alpha value is -2.20. The lowest BCUT2D eigenvalue weighted by Gasteiger charge is -2.27. The van der Waals surface area contributed by atoms with E-state index >= 15 is 0 Å². The quantitative estimate of drug-likeness (QED) is 0.0561. The molecule has 0 aromatic heterocycles. The number of rotatable bonds is 35. The third-order valence-electron chi connectivity index (χ3n) is 10.7. The van der Waals surface area contributed by atoms with Gasteiger partial charge >= 0.3 is 0 Å².